The van der Waals surface area contributed by atoms with Crippen molar-refractivity contribution in [3.05, 3.63) is 55.6 Å². The summed E-state index contributed by atoms with van der Waals surface area (Å²) in [5, 5.41) is 0. The van der Waals surface area contributed by atoms with Crippen molar-refractivity contribution in [1.82, 2.24) is 0 Å². The smallest absolute Gasteiger partial charge is 0.259 e. The summed E-state index contributed by atoms with van der Waals surface area (Å²) in [6.07, 6.45) is 0.815. The number of carbonyl (C=O) groups excluding carboxylic acids is 1. The van der Waals surface area contributed by atoms with Crippen LogP contribution in [0.25, 0.3) is 0 Å². The molecule has 0 radical (unpaired) electrons. The summed E-state index contributed by atoms with van der Waals surface area (Å²) in [5.74, 6) is 0.0136. The Morgan fingerprint density at radius 1 is 1.30 bits per heavy atom. The summed E-state index contributed by atoms with van der Waals surface area (Å²) in [7, 11) is 0. The molecule has 2 N–H and O–H groups in total. The number of nitrogen functional groups attached to an aromatic ring is 1. The van der Waals surface area contributed by atoms with Crippen LogP contribution in [0.2, 0.25) is 0 Å². The first kappa shape index (κ1) is 13.9. The van der Waals surface area contributed by atoms with Crippen LogP contribution < -0.4 is 10.6 Å². The average molecular weight is 443 g/mol. The normalized spacial score (nSPS) is 13.4. The number of anilines is 2. The number of fused-ring (bicyclic) bond motifs is 1. The van der Waals surface area contributed by atoms with Crippen LogP contribution in [0.4, 0.5) is 11.4 Å². The van der Waals surface area contributed by atoms with E-state index in [-0.39, 0.29) is 5.91 Å². The quantitative estimate of drug-likeness (QED) is 0.538. The van der Waals surface area contributed by atoms with E-state index in [9.17, 15) is 4.79 Å². The molecule has 3 nitrogen and oxygen atoms in total. The second kappa shape index (κ2) is 5.37. The predicted molar refractivity (Wildman–Crippen MR) is 93.1 cm³/mol. The van der Waals surface area contributed by atoms with Gasteiger partial charge in [0.2, 0.25) is 0 Å². The Hall–Kier alpha value is -1.08. The summed E-state index contributed by atoms with van der Waals surface area (Å²) in [6.45, 7) is 0.681. The van der Waals surface area contributed by atoms with Crippen molar-refractivity contribution >= 4 is 55.8 Å². The lowest BCUT2D eigenvalue weighted by Gasteiger charge is -2.18. The zero-order chi connectivity index (χ0) is 14.3. The van der Waals surface area contributed by atoms with Crippen molar-refractivity contribution in [1.29, 1.82) is 0 Å². The van der Waals surface area contributed by atoms with Crippen molar-refractivity contribution in [3.63, 3.8) is 0 Å². The number of nitrogens with two attached hydrogens (primary N) is 1. The van der Waals surface area contributed by atoms with Gasteiger partial charge >= 0.3 is 0 Å². The van der Waals surface area contributed by atoms with Crippen molar-refractivity contribution in [3.8, 4) is 0 Å². The van der Waals surface area contributed by atoms with Crippen LogP contribution in [-0.2, 0) is 6.42 Å². The highest BCUT2D eigenvalue weighted by atomic mass is 127. The molecule has 0 bridgehead atoms. The molecular formula is C15H12BrIN2O. The van der Waals surface area contributed by atoms with Gasteiger partial charge < -0.3 is 10.6 Å². The summed E-state index contributed by atoms with van der Waals surface area (Å²) in [5.41, 5.74) is 9.43. The maximum Gasteiger partial charge on any atom is 0.259 e. The van der Waals surface area contributed by atoms with Gasteiger partial charge in [-0.15, -0.1) is 0 Å². The van der Waals surface area contributed by atoms with E-state index in [0.29, 0.717) is 12.1 Å². The Bertz CT molecular complexity index is 702. The molecule has 0 aromatic heterocycles. The number of nitrogens with zero attached hydrogens (tertiary/aromatic N) is 1. The van der Waals surface area contributed by atoms with E-state index in [0.717, 1.165) is 31.4 Å². The van der Waals surface area contributed by atoms with Gasteiger partial charge in [0.25, 0.3) is 5.91 Å². The number of rotatable bonds is 1. The number of hydrogen-bond acceptors (Lipinski definition) is 2. The summed E-state index contributed by atoms with van der Waals surface area (Å²) in [4.78, 5) is 14.6. The van der Waals surface area contributed by atoms with E-state index in [1.54, 1.807) is 0 Å². The van der Waals surface area contributed by atoms with Gasteiger partial charge in [-0.2, -0.15) is 0 Å². The van der Waals surface area contributed by atoms with Gasteiger partial charge in [-0.05, 0) is 75.3 Å². The Morgan fingerprint density at radius 2 is 2.10 bits per heavy atom. The number of carbonyl (C=O) groups is 1. The molecule has 20 heavy (non-hydrogen) atoms. The van der Waals surface area contributed by atoms with Gasteiger partial charge in [-0.1, -0.05) is 6.07 Å². The van der Waals surface area contributed by atoms with E-state index in [4.69, 9.17) is 5.73 Å². The maximum atomic E-state index is 12.7. The third-order valence-corrected chi connectivity index (χ3v) is 4.83. The Morgan fingerprint density at radius 3 is 2.90 bits per heavy atom. The number of halogens is 2. The summed E-state index contributed by atoms with van der Waals surface area (Å²) in [6, 6.07) is 11.5. The monoisotopic (exact) mass is 442 g/mol. The lowest BCUT2D eigenvalue weighted by Crippen LogP contribution is -2.29. The van der Waals surface area contributed by atoms with Crippen LogP contribution in [0.5, 0.6) is 0 Å². The van der Waals surface area contributed by atoms with Crippen LogP contribution in [0.1, 0.15) is 15.9 Å². The van der Waals surface area contributed by atoms with Gasteiger partial charge in [0.15, 0.2) is 0 Å². The van der Waals surface area contributed by atoms with Crippen LogP contribution >= 0.6 is 38.5 Å². The topological polar surface area (TPSA) is 46.3 Å². The van der Waals surface area contributed by atoms with Crippen LogP contribution in [0.3, 0.4) is 0 Å². The largest absolute Gasteiger partial charge is 0.398 e. The number of hydrogen-bond donors (Lipinski definition) is 1. The minimum Gasteiger partial charge on any atom is -0.398 e. The third-order valence-electron chi connectivity index (χ3n) is 3.47. The van der Waals surface area contributed by atoms with E-state index in [1.807, 2.05) is 41.3 Å². The molecular weight excluding hydrogens is 431 g/mol. The van der Waals surface area contributed by atoms with Gasteiger partial charge in [0.1, 0.15) is 0 Å². The van der Waals surface area contributed by atoms with Crippen LogP contribution in [0, 0.1) is 3.57 Å². The molecule has 0 saturated heterocycles. The second-order valence-corrected chi connectivity index (χ2v) is 6.78. The molecule has 5 heteroatoms. The molecule has 2 aromatic rings. The van der Waals surface area contributed by atoms with E-state index < -0.39 is 0 Å². The molecule has 1 aliphatic rings. The predicted octanol–water partition coefficient (Wildman–Crippen LogP) is 3.84. The van der Waals surface area contributed by atoms with Crippen molar-refractivity contribution in [2.24, 2.45) is 0 Å². The summed E-state index contributed by atoms with van der Waals surface area (Å²) < 4.78 is 1.86. The second-order valence-electron chi connectivity index (χ2n) is 4.68. The van der Waals surface area contributed by atoms with E-state index in [2.05, 4.69) is 38.5 Å². The van der Waals surface area contributed by atoms with E-state index in [1.165, 1.54) is 0 Å². The first-order valence-electron chi connectivity index (χ1n) is 6.22. The molecule has 102 valence electrons. The Kier molecular flexibility index (Phi) is 3.72. The molecule has 1 heterocycles. The SMILES string of the molecule is Nc1cccc2c1CCN2C(=O)c1cc(I)ccc1Br. The third kappa shape index (κ3) is 2.33. The van der Waals surface area contributed by atoms with Gasteiger partial charge in [0, 0.05) is 31.5 Å². The number of amides is 1. The molecule has 1 aliphatic heterocycles. The molecule has 3 rings (SSSR count). The fourth-order valence-corrected chi connectivity index (χ4v) is 3.39. The van der Waals surface area contributed by atoms with Crippen LogP contribution in [0.15, 0.2) is 40.9 Å². The Labute approximate surface area is 139 Å². The molecule has 0 fully saturated rings. The van der Waals surface area contributed by atoms with Crippen molar-refractivity contribution in [2.45, 2.75) is 6.42 Å². The van der Waals surface area contributed by atoms with Gasteiger partial charge in [0.05, 0.1) is 5.56 Å². The fraction of sp³-hybridized carbons (Fsp3) is 0.133. The standard InChI is InChI=1S/C15H12BrIN2O/c16-12-5-4-9(17)8-11(12)15(20)19-7-6-10-13(18)2-1-3-14(10)19/h1-5,8H,6-7,18H2. The maximum absolute atomic E-state index is 12.7. The Balaban J connectivity index is 2.02. The minimum absolute atomic E-state index is 0.0136. The highest BCUT2D eigenvalue weighted by Crippen LogP contribution is 2.34. The molecule has 0 saturated carbocycles. The van der Waals surface area contributed by atoms with Crippen molar-refractivity contribution in [2.75, 3.05) is 17.2 Å². The van der Waals surface area contributed by atoms with E-state index >= 15 is 0 Å². The number of benzene rings is 2. The fourth-order valence-electron chi connectivity index (χ4n) is 2.48. The van der Waals surface area contributed by atoms with Crippen LogP contribution in [-0.4, -0.2) is 12.5 Å². The highest BCUT2D eigenvalue weighted by molar-refractivity contribution is 14.1. The summed E-state index contributed by atoms with van der Waals surface area (Å²) >= 11 is 5.67. The molecule has 0 spiro atoms. The zero-order valence-electron chi connectivity index (χ0n) is 10.6. The highest BCUT2D eigenvalue weighted by Gasteiger charge is 2.27. The lowest BCUT2D eigenvalue weighted by atomic mass is 10.1. The molecule has 0 aliphatic carbocycles. The average Bonchev–Trinajstić information content (AvgIpc) is 2.86. The first-order chi connectivity index (χ1) is 9.58. The molecule has 1 amide bonds. The van der Waals surface area contributed by atoms with Crippen molar-refractivity contribution < 1.29 is 4.79 Å². The molecule has 0 unspecified atom stereocenters. The molecule has 2 aromatic carbocycles. The zero-order valence-corrected chi connectivity index (χ0v) is 14.3. The molecule has 0 atom stereocenters. The van der Waals surface area contributed by atoms with Gasteiger partial charge in [-0.25, -0.2) is 0 Å². The van der Waals surface area contributed by atoms with Gasteiger partial charge in [-0.3, -0.25) is 4.79 Å². The lowest BCUT2D eigenvalue weighted by molar-refractivity contribution is 0.0988. The first-order valence-corrected chi connectivity index (χ1v) is 8.09. The minimum atomic E-state index is 0.0136.